The average Bonchev–Trinajstić information content (AvgIpc) is 3.10. The average molecular weight is 342 g/mol. The van der Waals surface area contributed by atoms with E-state index >= 15 is 0 Å². The second-order valence-electron chi connectivity index (χ2n) is 6.09. The Hall–Kier alpha value is -3.47. The molecule has 0 fully saturated rings. The van der Waals surface area contributed by atoms with Crippen molar-refractivity contribution in [2.24, 2.45) is 0 Å². The SMILES string of the molecule is O=C(Nc1cccc(CCc2nc3ccccc3[nH]2)c1)c1ccncc1. The molecule has 0 aliphatic heterocycles. The van der Waals surface area contributed by atoms with E-state index < -0.39 is 0 Å². The van der Waals surface area contributed by atoms with Gasteiger partial charge in [0.25, 0.3) is 5.91 Å². The van der Waals surface area contributed by atoms with Crippen LogP contribution in [0.15, 0.2) is 73.1 Å². The van der Waals surface area contributed by atoms with Crippen LogP contribution in [0, 0.1) is 0 Å². The molecule has 0 unspecified atom stereocenters. The molecule has 2 aromatic heterocycles. The third-order valence-corrected chi connectivity index (χ3v) is 4.22. The molecule has 1 amide bonds. The minimum atomic E-state index is -0.137. The van der Waals surface area contributed by atoms with Gasteiger partial charge in [-0.05, 0) is 48.4 Å². The maximum Gasteiger partial charge on any atom is 0.255 e. The number of pyridine rings is 1. The van der Waals surface area contributed by atoms with E-state index in [2.05, 4.69) is 26.3 Å². The standard InChI is InChI=1S/C21H18N4O/c26-21(16-10-12-22-13-11-16)23-17-5-3-4-15(14-17)8-9-20-24-18-6-1-2-7-19(18)25-20/h1-7,10-14H,8-9H2,(H,23,26)(H,24,25). The summed E-state index contributed by atoms with van der Waals surface area (Å²) in [6.45, 7) is 0. The summed E-state index contributed by atoms with van der Waals surface area (Å²) in [5.74, 6) is 0.833. The summed E-state index contributed by atoms with van der Waals surface area (Å²) < 4.78 is 0. The van der Waals surface area contributed by atoms with Crippen LogP contribution in [0.2, 0.25) is 0 Å². The summed E-state index contributed by atoms with van der Waals surface area (Å²) in [5.41, 5.74) is 4.57. The largest absolute Gasteiger partial charge is 0.342 e. The molecule has 2 heterocycles. The molecule has 0 aliphatic rings. The molecule has 0 saturated carbocycles. The quantitative estimate of drug-likeness (QED) is 0.576. The molecule has 0 aliphatic carbocycles. The van der Waals surface area contributed by atoms with Gasteiger partial charge in [0, 0.05) is 30.1 Å². The number of amides is 1. The fourth-order valence-corrected chi connectivity index (χ4v) is 2.90. The molecule has 4 rings (SSSR count). The predicted molar refractivity (Wildman–Crippen MR) is 102 cm³/mol. The van der Waals surface area contributed by atoms with E-state index in [0.29, 0.717) is 5.56 Å². The molecule has 5 nitrogen and oxygen atoms in total. The van der Waals surface area contributed by atoms with E-state index in [9.17, 15) is 4.79 Å². The van der Waals surface area contributed by atoms with Crippen molar-refractivity contribution in [2.75, 3.05) is 5.32 Å². The molecule has 0 spiro atoms. The van der Waals surface area contributed by atoms with Crippen LogP contribution in [0.1, 0.15) is 21.7 Å². The fourth-order valence-electron chi connectivity index (χ4n) is 2.90. The first-order chi connectivity index (χ1) is 12.8. The summed E-state index contributed by atoms with van der Waals surface area (Å²) >= 11 is 0. The van der Waals surface area contributed by atoms with Gasteiger partial charge in [-0.25, -0.2) is 4.98 Å². The summed E-state index contributed by atoms with van der Waals surface area (Å²) in [6, 6.07) is 19.3. The smallest absolute Gasteiger partial charge is 0.255 e. The summed E-state index contributed by atoms with van der Waals surface area (Å²) in [5, 5.41) is 2.93. The minimum Gasteiger partial charge on any atom is -0.342 e. The Morgan fingerprint density at radius 2 is 1.81 bits per heavy atom. The molecular formula is C21H18N4O. The number of hydrogen-bond donors (Lipinski definition) is 2. The Morgan fingerprint density at radius 1 is 0.962 bits per heavy atom. The first-order valence-electron chi connectivity index (χ1n) is 8.52. The van der Waals surface area contributed by atoms with Gasteiger partial charge in [0.1, 0.15) is 5.82 Å². The van der Waals surface area contributed by atoms with Crippen LogP contribution in [0.3, 0.4) is 0 Å². The highest BCUT2D eigenvalue weighted by molar-refractivity contribution is 6.04. The lowest BCUT2D eigenvalue weighted by Gasteiger charge is -2.07. The topological polar surface area (TPSA) is 70.7 Å². The van der Waals surface area contributed by atoms with E-state index in [1.165, 1.54) is 0 Å². The van der Waals surface area contributed by atoms with Gasteiger partial charge in [-0.2, -0.15) is 0 Å². The Morgan fingerprint density at radius 3 is 2.65 bits per heavy atom. The maximum atomic E-state index is 12.3. The molecule has 0 saturated heterocycles. The Balaban J connectivity index is 1.43. The van der Waals surface area contributed by atoms with Crippen LogP contribution >= 0.6 is 0 Å². The number of rotatable bonds is 5. The van der Waals surface area contributed by atoms with Gasteiger partial charge < -0.3 is 10.3 Å². The molecule has 0 atom stereocenters. The molecule has 4 aromatic rings. The van der Waals surface area contributed by atoms with Crippen LogP contribution < -0.4 is 5.32 Å². The Kier molecular flexibility index (Phi) is 4.43. The van der Waals surface area contributed by atoms with E-state index in [1.807, 2.05) is 42.5 Å². The van der Waals surface area contributed by atoms with Crippen LogP contribution in [-0.4, -0.2) is 20.9 Å². The number of H-pyrrole nitrogens is 1. The van der Waals surface area contributed by atoms with Gasteiger partial charge >= 0.3 is 0 Å². The Labute approximate surface area is 151 Å². The lowest BCUT2D eigenvalue weighted by atomic mass is 10.1. The number of carbonyl (C=O) groups is 1. The monoisotopic (exact) mass is 342 g/mol. The molecule has 2 aromatic carbocycles. The number of fused-ring (bicyclic) bond motifs is 1. The first kappa shape index (κ1) is 16.0. The number of imidazole rings is 1. The number of carbonyl (C=O) groups excluding carboxylic acids is 1. The van der Waals surface area contributed by atoms with E-state index in [4.69, 9.17) is 0 Å². The van der Waals surface area contributed by atoms with Crippen molar-refractivity contribution in [3.05, 3.63) is 90.0 Å². The number of aromatic amines is 1. The molecule has 128 valence electrons. The van der Waals surface area contributed by atoms with E-state index in [1.54, 1.807) is 24.5 Å². The lowest BCUT2D eigenvalue weighted by molar-refractivity contribution is 0.102. The zero-order valence-corrected chi connectivity index (χ0v) is 14.1. The van der Waals surface area contributed by atoms with Gasteiger partial charge in [-0.3, -0.25) is 9.78 Å². The van der Waals surface area contributed by atoms with Crippen molar-refractivity contribution in [1.29, 1.82) is 0 Å². The molecule has 2 N–H and O–H groups in total. The molecule has 0 bridgehead atoms. The zero-order valence-electron chi connectivity index (χ0n) is 14.1. The number of anilines is 1. The van der Waals surface area contributed by atoms with Crippen molar-refractivity contribution >= 4 is 22.6 Å². The van der Waals surface area contributed by atoms with Gasteiger partial charge in [-0.15, -0.1) is 0 Å². The highest BCUT2D eigenvalue weighted by Crippen LogP contribution is 2.15. The van der Waals surface area contributed by atoms with E-state index in [0.717, 1.165) is 41.0 Å². The number of benzene rings is 2. The highest BCUT2D eigenvalue weighted by atomic mass is 16.1. The van der Waals surface area contributed by atoms with Crippen LogP contribution in [0.4, 0.5) is 5.69 Å². The van der Waals surface area contributed by atoms with Crippen molar-refractivity contribution < 1.29 is 4.79 Å². The maximum absolute atomic E-state index is 12.3. The van der Waals surface area contributed by atoms with Crippen molar-refractivity contribution in [3.8, 4) is 0 Å². The molecular weight excluding hydrogens is 324 g/mol. The van der Waals surface area contributed by atoms with Crippen molar-refractivity contribution in [1.82, 2.24) is 15.0 Å². The lowest BCUT2D eigenvalue weighted by Crippen LogP contribution is -2.12. The fraction of sp³-hybridized carbons (Fsp3) is 0.0952. The number of hydrogen-bond acceptors (Lipinski definition) is 3. The number of para-hydroxylation sites is 2. The second kappa shape index (κ2) is 7.19. The summed E-state index contributed by atoms with van der Waals surface area (Å²) in [4.78, 5) is 24.1. The van der Waals surface area contributed by atoms with Crippen molar-refractivity contribution in [2.45, 2.75) is 12.8 Å². The second-order valence-corrected chi connectivity index (χ2v) is 6.09. The number of aromatic nitrogens is 3. The minimum absolute atomic E-state index is 0.137. The van der Waals surface area contributed by atoms with E-state index in [-0.39, 0.29) is 5.91 Å². The van der Waals surface area contributed by atoms with Crippen LogP contribution in [0.25, 0.3) is 11.0 Å². The first-order valence-corrected chi connectivity index (χ1v) is 8.52. The molecule has 26 heavy (non-hydrogen) atoms. The number of nitrogens with zero attached hydrogens (tertiary/aromatic N) is 2. The highest BCUT2D eigenvalue weighted by Gasteiger charge is 2.07. The zero-order chi connectivity index (χ0) is 17.8. The summed E-state index contributed by atoms with van der Waals surface area (Å²) in [6.07, 6.45) is 4.88. The van der Waals surface area contributed by atoms with Gasteiger partial charge in [-0.1, -0.05) is 24.3 Å². The van der Waals surface area contributed by atoms with Gasteiger partial charge in [0.05, 0.1) is 11.0 Å². The number of nitrogens with one attached hydrogen (secondary N) is 2. The molecule has 0 radical (unpaired) electrons. The normalized spacial score (nSPS) is 10.8. The van der Waals surface area contributed by atoms with Crippen LogP contribution in [-0.2, 0) is 12.8 Å². The number of aryl methyl sites for hydroxylation is 2. The van der Waals surface area contributed by atoms with Gasteiger partial charge in [0.2, 0.25) is 0 Å². The predicted octanol–water partition coefficient (Wildman–Crippen LogP) is 4.00. The molecule has 5 heteroatoms. The Bertz CT molecular complexity index is 1010. The van der Waals surface area contributed by atoms with Crippen LogP contribution in [0.5, 0.6) is 0 Å². The van der Waals surface area contributed by atoms with Gasteiger partial charge in [0.15, 0.2) is 0 Å². The third-order valence-electron chi connectivity index (χ3n) is 4.22. The summed E-state index contributed by atoms with van der Waals surface area (Å²) in [7, 11) is 0. The third kappa shape index (κ3) is 3.62. The van der Waals surface area contributed by atoms with Crippen molar-refractivity contribution in [3.63, 3.8) is 0 Å².